The summed E-state index contributed by atoms with van der Waals surface area (Å²) in [5, 5.41) is 4.25. The van der Waals surface area contributed by atoms with Crippen LogP contribution in [0, 0.1) is 10.8 Å². The summed E-state index contributed by atoms with van der Waals surface area (Å²) in [4.78, 5) is 12.0. The summed E-state index contributed by atoms with van der Waals surface area (Å²) < 4.78 is 1.87. The molecule has 3 nitrogen and oxygen atoms in total. The van der Waals surface area contributed by atoms with Crippen molar-refractivity contribution in [2.75, 3.05) is 0 Å². The highest BCUT2D eigenvalue weighted by Gasteiger charge is 2.24. The first-order valence-electron chi connectivity index (χ1n) is 6.17. The van der Waals surface area contributed by atoms with Crippen molar-refractivity contribution in [1.29, 1.82) is 0 Å². The summed E-state index contributed by atoms with van der Waals surface area (Å²) in [6.07, 6.45) is 4.59. The van der Waals surface area contributed by atoms with Gasteiger partial charge in [0.2, 0.25) is 0 Å². The topological polar surface area (TPSA) is 34.9 Å². The van der Waals surface area contributed by atoms with Gasteiger partial charge in [0.05, 0.1) is 11.8 Å². The monoisotopic (exact) mass is 236 g/mol. The van der Waals surface area contributed by atoms with Gasteiger partial charge in [-0.05, 0) is 11.8 Å². The number of hydrogen-bond acceptors (Lipinski definition) is 2. The zero-order chi connectivity index (χ0) is 13.3. The van der Waals surface area contributed by atoms with Crippen molar-refractivity contribution in [1.82, 2.24) is 9.78 Å². The SMILES string of the molecule is CC(C)(C)CCn1cc(C(=O)C(C)(C)C)cn1. The molecule has 0 aliphatic rings. The molecule has 0 amide bonds. The Hall–Kier alpha value is -1.12. The number of rotatable bonds is 3. The van der Waals surface area contributed by atoms with Gasteiger partial charge in [-0.3, -0.25) is 9.48 Å². The minimum atomic E-state index is -0.335. The lowest BCUT2D eigenvalue weighted by atomic mass is 9.88. The second-order valence-corrected chi connectivity index (χ2v) is 6.88. The van der Waals surface area contributed by atoms with Gasteiger partial charge in [-0.25, -0.2) is 0 Å². The lowest BCUT2D eigenvalue weighted by Gasteiger charge is -2.17. The molecule has 0 saturated heterocycles. The molecular weight excluding hydrogens is 212 g/mol. The van der Waals surface area contributed by atoms with Crippen LogP contribution in [0.3, 0.4) is 0 Å². The van der Waals surface area contributed by atoms with E-state index in [4.69, 9.17) is 0 Å². The Kier molecular flexibility index (Phi) is 3.80. The molecule has 1 aromatic heterocycles. The second-order valence-electron chi connectivity index (χ2n) is 6.88. The smallest absolute Gasteiger partial charge is 0.171 e. The van der Waals surface area contributed by atoms with Crippen LogP contribution in [0.4, 0.5) is 0 Å². The number of carbonyl (C=O) groups is 1. The first-order valence-corrected chi connectivity index (χ1v) is 6.17. The second kappa shape index (κ2) is 4.63. The summed E-state index contributed by atoms with van der Waals surface area (Å²) in [5.74, 6) is 0.152. The molecule has 0 unspecified atom stereocenters. The molecule has 1 heterocycles. The Morgan fingerprint density at radius 1 is 1.24 bits per heavy atom. The van der Waals surface area contributed by atoms with Gasteiger partial charge in [0.25, 0.3) is 0 Å². The van der Waals surface area contributed by atoms with Crippen LogP contribution in [-0.4, -0.2) is 15.6 Å². The molecule has 0 radical (unpaired) electrons. The highest BCUT2D eigenvalue weighted by molar-refractivity contribution is 5.99. The molecular formula is C14H24N2O. The number of carbonyl (C=O) groups excluding carboxylic acids is 1. The molecule has 0 atom stereocenters. The third kappa shape index (κ3) is 4.33. The molecule has 0 aliphatic heterocycles. The fourth-order valence-electron chi connectivity index (χ4n) is 1.49. The van der Waals surface area contributed by atoms with Crippen molar-refractivity contribution in [3.8, 4) is 0 Å². The highest BCUT2D eigenvalue weighted by atomic mass is 16.1. The van der Waals surface area contributed by atoms with Crippen molar-refractivity contribution in [2.24, 2.45) is 10.8 Å². The van der Waals surface area contributed by atoms with Gasteiger partial charge in [-0.15, -0.1) is 0 Å². The molecule has 0 aliphatic carbocycles. The zero-order valence-electron chi connectivity index (χ0n) is 11.9. The van der Waals surface area contributed by atoms with Gasteiger partial charge < -0.3 is 0 Å². The van der Waals surface area contributed by atoms with Gasteiger partial charge in [0.1, 0.15) is 0 Å². The van der Waals surface area contributed by atoms with E-state index in [0.29, 0.717) is 11.0 Å². The Labute approximate surface area is 104 Å². The maximum absolute atomic E-state index is 12.0. The van der Waals surface area contributed by atoms with Crippen molar-refractivity contribution in [3.63, 3.8) is 0 Å². The predicted molar refractivity (Wildman–Crippen MR) is 70.1 cm³/mol. The summed E-state index contributed by atoms with van der Waals surface area (Å²) in [5.41, 5.74) is 0.671. The van der Waals surface area contributed by atoms with E-state index in [1.165, 1.54) is 0 Å². The lowest BCUT2D eigenvalue weighted by Crippen LogP contribution is -2.19. The Balaban J connectivity index is 2.69. The number of hydrogen-bond donors (Lipinski definition) is 0. The number of aryl methyl sites for hydroxylation is 1. The van der Waals surface area contributed by atoms with Crippen LogP contribution < -0.4 is 0 Å². The molecule has 3 heteroatoms. The number of aromatic nitrogens is 2. The lowest BCUT2D eigenvalue weighted by molar-refractivity contribution is 0.0858. The molecule has 0 spiro atoms. The minimum Gasteiger partial charge on any atom is -0.293 e. The maximum Gasteiger partial charge on any atom is 0.171 e. The van der Waals surface area contributed by atoms with E-state index in [-0.39, 0.29) is 11.2 Å². The number of ketones is 1. The van der Waals surface area contributed by atoms with Crippen LogP contribution in [-0.2, 0) is 6.54 Å². The minimum absolute atomic E-state index is 0.152. The molecule has 0 bridgehead atoms. The van der Waals surface area contributed by atoms with Crippen LogP contribution in [0.15, 0.2) is 12.4 Å². The third-order valence-corrected chi connectivity index (χ3v) is 2.67. The van der Waals surface area contributed by atoms with Gasteiger partial charge in [-0.2, -0.15) is 5.10 Å². The number of Topliss-reactive ketones (excluding diaryl/α,β-unsaturated/α-hetero) is 1. The standard InChI is InChI=1S/C14H24N2O/c1-13(2,3)7-8-16-10-11(9-15-16)12(17)14(4,5)6/h9-10H,7-8H2,1-6H3. The van der Waals surface area contributed by atoms with E-state index in [1.54, 1.807) is 6.20 Å². The van der Waals surface area contributed by atoms with Crippen molar-refractivity contribution >= 4 is 5.78 Å². The van der Waals surface area contributed by atoms with E-state index in [0.717, 1.165) is 13.0 Å². The summed E-state index contributed by atoms with van der Waals surface area (Å²) >= 11 is 0. The first-order chi connectivity index (χ1) is 7.59. The largest absolute Gasteiger partial charge is 0.293 e. The zero-order valence-corrected chi connectivity index (χ0v) is 11.9. The maximum atomic E-state index is 12.0. The fourth-order valence-corrected chi connectivity index (χ4v) is 1.49. The van der Waals surface area contributed by atoms with Gasteiger partial charge >= 0.3 is 0 Å². The molecule has 96 valence electrons. The van der Waals surface area contributed by atoms with Crippen LogP contribution in [0.2, 0.25) is 0 Å². The van der Waals surface area contributed by atoms with Gasteiger partial charge in [-0.1, -0.05) is 41.5 Å². The molecule has 0 fully saturated rings. The third-order valence-electron chi connectivity index (χ3n) is 2.67. The van der Waals surface area contributed by atoms with Crippen molar-refractivity contribution in [3.05, 3.63) is 18.0 Å². The van der Waals surface area contributed by atoms with E-state index >= 15 is 0 Å². The normalized spacial score (nSPS) is 12.8. The van der Waals surface area contributed by atoms with E-state index in [2.05, 4.69) is 25.9 Å². The van der Waals surface area contributed by atoms with Crippen LogP contribution >= 0.6 is 0 Å². The summed E-state index contributed by atoms with van der Waals surface area (Å²) in [6.45, 7) is 13.3. The molecule has 17 heavy (non-hydrogen) atoms. The summed E-state index contributed by atoms with van der Waals surface area (Å²) in [6, 6.07) is 0. The Bertz CT molecular complexity index is 391. The Morgan fingerprint density at radius 3 is 2.29 bits per heavy atom. The fraction of sp³-hybridized carbons (Fsp3) is 0.714. The van der Waals surface area contributed by atoms with Crippen molar-refractivity contribution in [2.45, 2.75) is 54.5 Å². The predicted octanol–water partition coefficient (Wildman–Crippen LogP) is 3.55. The molecule has 0 aromatic carbocycles. The molecule has 0 N–H and O–H groups in total. The van der Waals surface area contributed by atoms with E-state index in [9.17, 15) is 4.79 Å². The van der Waals surface area contributed by atoms with Crippen LogP contribution in [0.25, 0.3) is 0 Å². The van der Waals surface area contributed by atoms with Gasteiger partial charge in [0.15, 0.2) is 5.78 Å². The average molecular weight is 236 g/mol. The van der Waals surface area contributed by atoms with Crippen LogP contribution in [0.1, 0.15) is 58.3 Å². The van der Waals surface area contributed by atoms with E-state index < -0.39 is 0 Å². The molecule has 0 saturated carbocycles. The first kappa shape index (κ1) is 13.9. The van der Waals surface area contributed by atoms with Crippen molar-refractivity contribution < 1.29 is 4.79 Å². The average Bonchev–Trinajstić information content (AvgIpc) is 2.59. The van der Waals surface area contributed by atoms with E-state index in [1.807, 2.05) is 31.6 Å². The van der Waals surface area contributed by atoms with Crippen LogP contribution in [0.5, 0.6) is 0 Å². The number of nitrogens with zero attached hydrogens (tertiary/aromatic N) is 2. The van der Waals surface area contributed by atoms with Gasteiger partial charge in [0, 0.05) is 18.2 Å². The highest BCUT2D eigenvalue weighted by Crippen LogP contribution is 2.22. The quantitative estimate of drug-likeness (QED) is 0.752. The molecule has 1 rings (SSSR count). The Morgan fingerprint density at radius 2 is 1.82 bits per heavy atom. The molecule has 1 aromatic rings. The summed E-state index contributed by atoms with van der Waals surface area (Å²) in [7, 11) is 0.